The van der Waals surface area contributed by atoms with Crippen molar-refractivity contribution < 1.29 is 9.59 Å². The molecule has 96 valence electrons. The second kappa shape index (κ2) is 4.31. The van der Waals surface area contributed by atoms with Crippen molar-refractivity contribution in [2.75, 3.05) is 19.6 Å². The van der Waals surface area contributed by atoms with E-state index >= 15 is 0 Å². The average Bonchev–Trinajstić information content (AvgIpc) is 3.00. The number of carbonyl (C=O) groups is 2. The summed E-state index contributed by atoms with van der Waals surface area (Å²) in [6, 6.07) is 0. The van der Waals surface area contributed by atoms with E-state index < -0.39 is 0 Å². The highest BCUT2D eigenvalue weighted by molar-refractivity contribution is 6.99. The van der Waals surface area contributed by atoms with Gasteiger partial charge in [-0.3, -0.25) is 9.59 Å². The molecule has 3 heterocycles. The Morgan fingerprint density at radius 3 is 2.78 bits per heavy atom. The molecule has 18 heavy (non-hydrogen) atoms. The van der Waals surface area contributed by atoms with Crippen LogP contribution < -0.4 is 5.32 Å². The summed E-state index contributed by atoms with van der Waals surface area (Å²) < 4.78 is 7.81. The Bertz CT molecular complexity index is 465. The molecule has 0 aromatic carbocycles. The molecular formula is C11H14N4O2S. The topological polar surface area (TPSA) is 75.2 Å². The molecule has 2 aliphatic heterocycles. The van der Waals surface area contributed by atoms with Gasteiger partial charge in [0.05, 0.1) is 17.9 Å². The summed E-state index contributed by atoms with van der Waals surface area (Å²) in [5.41, 5.74) is 0.505. The second-order valence-electron chi connectivity index (χ2n) is 5.04. The van der Waals surface area contributed by atoms with E-state index in [4.69, 9.17) is 0 Å². The van der Waals surface area contributed by atoms with Crippen molar-refractivity contribution in [1.82, 2.24) is 19.0 Å². The SMILES string of the molecule is O=C1CC2(CCN(C(=O)c3cnsn3)CC2)CN1. The molecule has 7 heteroatoms. The maximum atomic E-state index is 12.1. The first-order valence-corrected chi connectivity index (χ1v) is 6.75. The van der Waals surface area contributed by atoms with E-state index in [1.807, 2.05) is 4.90 Å². The van der Waals surface area contributed by atoms with Gasteiger partial charge in [-0.2, -0.15) is 8.75 Å². The van der Waals surface area contributed by atoms with Crippen LogP contribution in [-0.2, 0) is 4.79 Å². The molecule has 0 saturated carbocycles. The predicted molar refractivity (Wildman–Crippen MR) is 65.1 cm³/mol. The number of rotatable bonds is 1. The minimum absolute atomic E-state index is 0.0455. The number of carbonyl (C=O) groups excluding carboxylic acids is 2. The summed E-state index contributed by atoms with van der Waals surface area (Å²) in [4.78, 5) is 25.2. The zero-order chi connectivity index (χ0) is 12.6. The van der Waals surface area contributed by atoms with Crippen molar-refractivity contribution in [3.8, 4) is 0 Å². The van der Waals surface area contributed by atoms with Crippen LogP contribution in [0.3, 0.4) is 0 Å². The molecule has 1 spiro atoms. The van der Waals surface area contributed by atoms with Gasteiger partial charge in [0.15, 0.2) is 5.69 Å². The third-order valence-corrected chi connectivity index (χ3v) is 4.37. The fourth-order valence-corrected chi connectivity index (χ4v) is 3.12. The standard InChI is InChI=1S/C11H14N4O2S/c16-9-5-11(7-12-9)1-3-15(4-2-11)10(17)8-6-13-18-14-8/h6H,1-5,7H2,(H,12,16). The van der Waals surface area contributed by atoms with Crippen LogP contribution in [0.5, 0.6) is 0 Å². The average molecular weight is 266 g/mol. The minimum Gasteiger partial charge on any atom is -0.356 e. The number of hydrogen-bond donors (Lipinski definition) is 1. The van der Waals surface area contributed by atoms with Crippen LogP contribution in [0.1, 0.15) is 29.8 Å². The molecular weight excluding hydrogens is 252 g/mol. The molecule has 0 aliphatic carbocycles. The summed E-state index contributed by atoms with van der Waals surface area (Å²) in [5.74, 6) is 0.0920. The Labute approximate surface area is 109 Å². The van der Waals surface area contributed by atoms with E-state index in [0.717, 1.165) is 31.1 Å². The Balaban J connectivity index is 1.64. The molecule has 2 saturated heterocycles. The third-order valence-electron chi connectivity index (χ3n) is 3.89. The lowest BCUT2D eigenvalue weighted by Crippen LogP contribution is -2.44. The molecule has 1 aromatic rings. The van der Waals surface area contributed by atoms with Crippen molar-refractivity contribution in [3.05, 3.63) is 11.9 Å². The monoisotopic (exact) mass is 266 g/mol. The third kappa shape index (κ3) is 1.98. The van der Waals surface area contributed by atoms with Crippen LogP contribution in [0, 0.1) is 5.41 Å². The molecule has 0 atom stereocenters. The quantitative estimate of drug-likeness (QED) is 0.792. The summed E-state index contributed by atoms with van der Waals surface area (Å²) in [6.45, 7) is 2.16. The molecule has 0 bridgehead atoms. The Morgan fingerprint density at radius 1 is 1.44 bits per heavy atom. The van der Waals surface area contributed by atoms with Gasteiger partial charge >= 0.3 is 0 Å². The number of likely N-dealkylation sites (tertiary alicyclic amines) is 1. The highest BCUT2D eigenvalue weighted by Crippen LogP contribution is 2.37. The van der Waals surface area contributed by atoms with Crippen LogP contribution >= 0.6 is 11.7 Å². The smallest absolute Gasteiger partial charge is 0.275 e. The van der Waals surface area contributed by atoms with Gasteiger partial charge in [0.2, 0.25) is 5.91 Å². The first kappa shape index (κ1) is 11.6. The Kier molecular flexibility index (Phi) is 2.77. The first-order valence-electron chi connectivity index (χ1n) is 6.02. The number of amides is 2. The normalized spacial score (nSPS) is 22.2. The highest BCUT2D eigenvalue weighted by atomic mass is 32.1. The lowest BCUT2D eigenvalue weighted by molar-refractivity contribution is -0.119. The number of aromatic nitrogens is 2. The lowest BCUT2D eigenvalue weighted by atomic mass is 9.77. The van der Waals surface area contributed by atoms with Crippen molar-refractivity contribution in [3.63, 3.8) is 0 Å². The maximum Gasteiger partial charge on any atom is 0.275 e. The second-order valence-corrected chi connectivity index (χ2v) is 5.60. The number of nitrogens with one attached hydrogen (secondary N) is 1. The number of nitrogens with zero attached hydrogens (tertiary/aromatic N) is 3. The van der Waals surface area contributed by atoms with Gasteiger partial charge in [-0.15, -0.1) is 0 Å². The molecule has 2 amide bonds. The number of piperidine rings is 1. The molecule has 2 fully saturated rings. The maximum absolute atomic E-state index is 12.1. The van der Waals surface area contributed by atoms with Gasteiger partial charge in [-0.1, -0.05) is 0 Å². The van der Waals surface area contributed by atoms with Gasteiger partial charge in [0.1, 0.15) is 0 Å². The van der Waals surface area contributed by atoms with Gasteiger partial charge < -0.3 is 10.2 Å². The molecule has 1 N–H and O–H groups in total. The van der Waals surface area contributed by atoms with Gasteiger partial charge in [-0.25, -0.2) is 0 Å². The zero-order valence-electron chi connectivity index (χ0n) is 9.89. The number of hydrogen-bond acceptors (Lipinski definition) is 5. The predicted octanol–water partition coefficient (Wildman–Crippen LogP) is 0.280. The molecule has 3 rings (SSSR count). The van der Waals surface area contributed by atoms with Crippen LogP contribution in [-0.4, -0.2) is 45.1 Å². The van der Waals surface area contributed by atoms with Gasteiger partial charge in [-0.05, 0) is 18.3 Å². The van der Waals surface area contributed by atoms with Crippen LogP contribution in [0.15, 0.2) is 6.20 Å². The largest absolute Gasteiger partial charge is 0.356 e. The summed E-state index contributed by atoms with van der Waals surface area (Å²) in [6.07, 6.45) is 3.88. The Morgan fingerprint density at radius 2 is 2.22 bits per heavy atom. The zero-order valence-corrected chi connectivity index (χ0v) is 10.7. The summed E-state index contributed by atoms with van der Waals surface area (Å²) in [7, 11) is 0. The van der Waals surface area contributed by atoms with Gasteiger partial charge in [0, 0.05) is 26.1 Å². The van der Waals surface area contributed by atoms with Crippen molar-refractivity contribution in [2.45, 2.75) is 19.3 Å². The highest BCUT2D eigenvalue weighted by Gasteiger charge is 2.41. The van der Waals surface area contributed by atoms with E-state index in [-0.39, 0.29) is 17.2 Å². The lowest BCUT2D eigenvalue weighted by Gasteiger charge is -2.37. The van der Waals surface area contributed by atoms with E-state index in [9.17, 15) is 9.59 Å². The molecule has 1 aromatic heterocycles. The molecule has 0 radical (unpaired) electrons. The molecule has 0 unspecified atom stereocenters. The summed E-state index contributed by atoms with van der Waals surface area (Å²) >= 11 is 1.05. The van der Waals surface area contributed by atoms with E-state index in [1.54, 1.807) is 0 Å². The summed E-state index contributed by atoms with van der Waals surface area (Å²) in [5, 5.41) is 2.89. The van der Waals surface area contributed by atoms with Crippen LogP contribution in [0.2, 0.25) is 0 Å². The van der Waals surface area contributed by atoms with Crippen molar-refractivity contribution >= 4 is 23.5 Å². The fourth-order valence-electron chi connectivity index (χ4n) is 2.71. The van der Waals surface area contributed by atoms with E-state index in [0.29, 0.717) is 25.2 Å². The van der Waals surface area contributed by atoms with Crippen LogP contribution in [0.4, 0.5) is 0 Å². The van der Waals surface area contributed by atoms with E-state index in [2.05, 4.69) is 14.1 Å². The fraction of sp³-hybridized carbons (Fsp3) is 0.636. The van der Waals surface area contributed by atoms with Crippen molar-refractivity contribution in [1.29, 1.82) is 0 Å². The first-order chi connectivity index (χ1) is 8.69. The molecule has 2 aliphatic rings. The minimum atomic E-state index is -0.0455. The van der Waals surface area contributed by atoms with Crippen LogP contribution in [0.25, 0.3) is 0 Å². The Hall–Kier alpha value is -1.50. The molecule has 6 nitrogen and oxygen atoms in total. The van der Waals surface area contributed by atoms with Gasteiger partial charge in [0.25, 0.3) is 5.91 Å². The van der Waals surface area contributed by atoms with Crippen molar-refractivity contribution in [2.24, 2.45) is 5.41 Å². The van der Waals surface area contributed by atoms with E-state index in [1.165, 1.54) is 6.20 Å².